The highest BCUT2D eigenvalue weighted by Crippen LogP contribution is 2.63. The van der Waals surface area contributed by atoms with Crippen molar-refractivity contribution in [1.29, 1.82) is 0 Å². The van der Waals surface area contributed by atoms with E-state index in [9.17, 15) is 0 Å². The second-order valence-electron chi connectivity index (χ2n) is 21.7. The zero-order valence-electron chi connectivity index (χ0n) is 44.1. The van der Waals surface area contributed by atoms with E-state index in [-0.39, 0.29) is 16.2 Å². The van der Waals surface area contributed by atoms with Crippen molar-refractivity contribution in [2.24, 2.45) is 0 Å². The number of hydrogen-bond acceptors (Lipinski definition) is 0. The molecule has 5 aliphatic rings. The van der Waals surface area contributed by atoms with Crippen LogP contribution in [-0.4, -0.2) is 0 Å². The van der Waals surface area contributed by atoms with Gasteiger partial charge in [-0.05, 0) is 129 Å². The summed E-state index contributed by atoms with van der Waals surface area (Å²) in [6, 6.07) is 110. The fourth-order valence-electron chi connectivity index (χ4n) is 14.2. The van der Waals surface area contributed by atoms with E-state index in [0.29, 0.717) is 0 Å². The van der Waals surface area contributed by atoms with Gasteiger partial charge in [0.1, 0.15) is 0 Å². The normalized spacial score (nSPS) is 14.3. The van der Waals surface area contributed by atoms with Crippen LogP contribution < -0.4 is 0 Å². The first kappa shape index (κ1) is 47.1. The van der Waals surface area contributed by atoms with E-state index in [0.717, 1.165) is 6.42 Å². The highest BCUT2D eigenvalue weighted by molar-refractivity contribution is 5.95. The summed E-state index contributed by atoms with van der Waals surface area (Å²) in [6.07, 6.45) is 1.10. The van der Waals surface area contributed by atoms with Crippen LogP contribution in [0.5, 0.6) is 0 Å². The molecular weight excluding hydrogens is 937 g/mol. The Morgan fingerprint density at radius 2 is 0.397 bits per heavy atom. The number of benzene rings is 12. The molecular formula is C78H58. The molecule has 0 fully saturated rings. The van der Waals surface area contributed by atoms with Crippen LogP contribution in [0.3, 0.4) is 0 Å². The lowest BCUT2D eigenvalue weighted by Crippen LogP contribution is -2.28. The van der Waals surface area contributed by atoms with Crippen LogP contribution in [0, 0.1) is 0 Å². The molecule has 0 atom stereocenters. The molecule has 0 unspecified atom stereocenters. The molecule has 0 bridgehead atoms. The number of rotatable bonds is 2. The van der Waals surface area contributed by atoms with Crippen molar-refractivity contribution < 1.29 is 0 Å². The highest BCUT2D eigenvalue weighted by Gasteiger charge is 2.51. The van der Waals surface area contributed by atoms with Crippen molar-refractivity contribution in [2.75, 3.05) is 0 Å². The molecule has 17 rings (SSSR count). The molecule has 0 heterocycles. The fourth-order valence-corrected chi connectivity index (χ4v) is 14.2. The van der Waals surface area contributed by atoms with Gasteiger partial charge >= 0.3 is 0 Å². The van der Waals surface area contributed by atoms with Crippen LogP contribution >= 0.6 is 0 Å². The standard InChI is InChI=1S/C25H16.C25H18.C15H14.C13H10/c1-5-13-21-17(9-1)18-10-2-6-14-22(18)25(21)23-15-7-3-11-19(23)20-12-4-8-16-24(20)25;1-3-11-19(12-4-1)25(20-13-5-2-6-14-20)23-17-9-7-15-21(23)22-16-8-10-18-24(22)25;1-15(2)13-9-5-3-7-11(13)12-8-4-6-10-14(12)15;1-3-7-12-10(5-1)9-11-6-2-4-8-13(11)12/h1-16H;1-18H;3-10H,1-2H3;1-8H,9H2. The molecule has 0 saturated carbocycles. The van der Waals surface area contributed by atoms with Crippen LogP contribution in [0.1, 0.15) is 80.6 Å². The Morgan fingerprint density at radius 3 is 0.692 bits per heavy atom. The van der Waals surface area contributed by atoms with Crippen molar-refractivity contribution in [2.45, 2.75) is 36.5 Å². The smallest absolute Gasteiger partial charge is 0.0622 e. The zero-order valence-corrected chi connectivity index (χ0v) is 44.1. The number of hydrogen-bond donors (Lipinski definition) is 0. The van der Waals surface area contributed by atoms with Crippen molar-refractivity contribution in [3.05, 3.63) is 370 Å². The van der Waals surface area contributed by atoms with Gasteiger partial charge in [-0.2, -0.15) is 0 Å². The summed E-state index contributed by atoms with van der Waals surface area (Å²) in [5.41, 5.74) is 30.3. The maximum atomic E-state index is 2.31. The monoisotopic (exact) mass is 994 g/mol. The SMILES string of the molecule is CC1(C)c2ccccc2-c2ccccc21.c1ccc(C2(c3ccccc3)c3ccccc3-c3ccccc32)cc1.c1ccc2c(c1)-c1ccccc1C21c2ccccc2-c2ccccc21.c1ccc2c(c1)Cc1ccccc1-2. The molecule has 0 nitrogen and oxygen atoms in total. The molecule has 0 heteroatoms. The third-order valence-corrected chi connectivity index (χ3v) is 17.5. The van der Waals surface area contributed by atoms with Gasteiger partial charge in [0, 0.05) is 5.41 Å². The van der Waals surface area contributed by atoms with Gasteiger partial charge in [0.05, 0.1) is 10.8 Å². The Kier molecular flexibility index (Phi) is 11.5. The van der Waals surface area contributed by atoms with Gasteiger partial charge in [-0.25, -0.2) is 0 Å². The maximum Gasteiger partial charge on any atom is 0.0725 e. The Balaban J connectivity index is 0.0000000979. The predicted octanol–water partition coefficient (Wildman–Crippen LogP) is 19.3. The first-order valence-electron chi connectivity index (χ1n) is 27.6. The third kappa shape index (κ3) is 7.13. The Labute approximate surface area is 459 Å². The minimum Gasteiger partial charge on any atom is -0.0622 e. The van der Waals surface area contributed by atoms with E-state index in [1.54, 1.807) is 0 Å². The first-order chi connectivity index (χ1) is 38.5. The lowest BCUT2D eigenvalue weighted by molar-refractivity contribution is 0.660. The largest absolute Gasteiger partial charge is 0.0725 e. The molecule has 1 spiro atoms. The second kappa shape index (κ2) is 19.0. The van der Waals surface area contributed by atoms with E-state index in [1.165, 1.54) is 122 Å². The van der Waals surface area contributed by atoms with Gasteiger partial charge in [0.25, 0.3) is 0 Å². The van der Waals surface area contributed by atoms with Gasteiger partial charge in [0.2, 0.25) is 0 Å². The fraction of sp³-hybridized carbons (Fsp3) is 0.0769. The summed E-state index contributed by atoms with van der Waals surface area (Å²) in [5.74, 6) is 0. The van der Waals surface area contributed by atoms with E-state index in [2.05, 4.69) is 317 Å². The van der Waals surface area contributed by atoms with Crippen molar-refractivity contribution in [1.82, 2.24) is 0 Å². The summed E-state index contributed by atoms with van der Waals surface area (Å²) < 4.78 is 0. The molecule has 78 heavy (non-hydrogen) atoms. The van der Waals surface area contributed by atoms with Crippen LogP contribution in [0.4, 0.5) is 0 Å². The van der Waals surface area contributed by atoms with Crippen molar-refractivity contribution in [3.63, 3.8) is 0 Å². The molecule has 0 radical (unpaired) electrons. The zero-order chi connectivity index (χ0) is 52.3. The Morgan fingerprint density at radius 1 is 0.192 bits per heavy atom. The summed E-state index contributed by atoms with van der Waals surface area (Å²) in [4.78, 5) is 0. The maximum absolute atomic E-state index is 2.31. The molecule has 0 N–H and O–H groups in total. The average Bonchev–Trinajstić information content (AvgIpc) is 3.41. The summed E-state index contributed by atoms with van der Waals surface area (Å²) in [6.45, 7) is 4.61. The topological polar surface area (TPSA) is 0 Å². The van der Waals surface area contributed by atoms with E-state index in [1.807, 2.05) is 0 Å². The van der Waals surface area contributed by atoms with Gasteiger partial charge in [-0.3, -0.25) is 0 Å². The van der Waals surface area contributed by atoms with Gasteiger partial charge < -0.3 is 0 Å². The van der Waals surface area contributed by atoms with Crippen LogP contribution in [0.15, 0.2) is 303 Å². The quantitative estimate of drug-likeness (QED) is 0.162. The molecule has 12 aromatic rings. The highest BCUT2D eigenvalue weighted by atomic mass is 14.5. The molecule has 370 valence electrons. The minimum absolute atomic E-state index is 0.160. The van der Waals surface area contributed by atoms with Crippen molar-refractivity contribution in [3.8, 4) is 55.6 Å². The lowest BCUT2D eigenvalue weighted by atomic mass is 9.68. The summed E-state index contributed by atoms with van der Waals surface area (Å²) in [7, 11) is 0. The molecule has 0 aliphatic heterocycles. The minimum atomic E-state index is -0.254. The van der Waals surface area contributed by atoms with E-state index >= 15 is 0 Å². The van der Waals surface area contributed by atoms with Crippen molar-refractivity contribution >= 4 is 0 Å². The second-order valence-corrected chi connectivity index (χ2v) is 21.7. The Bertz CT molecular complexity index is 3720. The molecule has 5 aliphatic carbocycles. The van der Waals surface area contributed by atoms with E-state index in [4.69, 9.17) is 0 Å². The summed E-state index contributed by atoms with van der Waals surface area (Å²) in [5, 5.41) is 0. The van der Waals surface area contributed by atoms with Crippen LogP contribution in [0.2, 0.25) is 0 Å². The van der Waals surface area contributed by atoms with Gasteiger partial charge in [0.15, 0.2) is 0 Å². The Hall–Kier alpha value is -9.36. The molecule has 0 aromatic heterocycles. The third-order valence-electron chi connectivity index (χ3n) is 17.5. The van der Waals surface area contributed by atoms with E-state index < -0.39 is 0 Å². The van der Waals surface area contributed by atoms with Gasteiger partial charge in [-0.15, -0.1) is 0 Å². The predicted molar refractivity (Wildman–Crippen MR) is 325 cm³/mol. The van der Waals surface area contributed by atoms with Crippen LogP contribution in [-0.2, 0) is 22.7 Å². The molecule has 0 amide bonds. The number of fused-ring (bicyclic) bond motifs is 19. The van der Waals surface area contributed by atoms with Gasteiger partial charge in [-0.1, -0.05) is 317 Å². The first-order valence-corrected chi connectivity index (χ1v) is 27.6. The molecule has 12 aromatic carbocycles. The lowest BCUT2D eigenvalue weighted by Gasteiger charge is -2.33. The summed E-state index contributed by atoms with van der Waals surface area (Å²) >= 11 is 0. The molecule has 0 saturated heterocycles. The van der Waals surface area contributed by atoms with Crippen LogP contribution in [0.25, 0.3) is 55.6 Å². The average molecular weight is 995 g/mol.